The summed E-state index contributed by atoms with van der Waals surface area (Å²) >= 11 is 0. The molecule has 7 rings (SSSR count). The summed E-state index contributed by atoms with van der Waals surface area (Å²) in [6, 6.07) is 23.2. The molecule has 3 saturated heterocycles. The number of carbonyl (C=O) groups is 5. The third kappa shape index (κ3) is 11.1. The van der Waals surface area contributed by atoms with Crippen LogP contribution in [-0.4, -0.2) is 127 Å². The second kappa shape index (κ2) is 19.7. The lowest BCUT2D eigenvalue weighted by atomic mass is 10.00. The molecule has 4 atom stereocenters. The summed E-state index contributed by atoms with van der Waals surface area (Å²) in [5, 5.41) is 15.6. The van der Waals surface area contributed by atoms with Gasteiger partial charge in [-0.05, 0) is 42.0 Å². The van der Waals surface area contributed by atoms with Gasteiger partial charge in [-0.1, -0.05) is 78.9 Å². The van der Waals surface area contributed by atoms with E-state index in [0.717, 1.165) is 79.8 Å². The van der Waals surface area contributed by atoms with Gasteiger partial charge in [-0.25, -0.2) is 0 Å². The van der Waals surface area contributed by atoms with Gasteiger partial charge in [0.05, 0.1) is 32.2 Å². The number of nitrogens with one attached hydrogen (secondary N) is 6. The van der Waals surface area contributed by atoms with Gasteiger partial charge in [0.1, 0.15) is 18.1 Å². The van der Waals surface area contributed by atoms with E-state index < -0.39 is 54.2 Å². The van der Waals surface area contributed by atoms with Crippen LogP contribution in [-0.2, 0) is 48.0 Å². The van der Waals surface area contributed by atoms with Gasteiger partial charge < -0.3 is 36.3 Å². The van der Waals surface area contributed by atoms with E-state index >= 15 is 0 Å². The number of rotatable bonds is 10. The number of hydrogen-bond donors (Lipinski definition) is 6. The molecule has 0 aliphatic carbocycles. The van der Waals surface area contributed by atoms with Gasteiger partial charge >= 0.3 is 0 Å². The van der Waals surface area contributed by atoms with E-state index in [1.165, 1.54) is 0 Å². The quantitative estimate of drug-likeness (QED) is 0.140. The molecule has 306 valence electrons. The fraction of sp³-hybridized carbons (Fsp3) is 0.432. The summed E-state index contributed by atoms with van der Waals surface area (Å²) < 4.78 is 5.51. The monoisotopic (exact) mass is 790 g/mol. The molecule has 0 bridgehead atoms. The van der Waals surface area contributed by atoms with Crippen molar-refractivity contribution >= 4 is 40.4 Å². The number of fused-ring (bicyclic) bond motifs is 1. The van der Waals surface area contributed by atoms with Gasteiger partial charge in [0.2, 0.25) is 29.5 Å². The normalized spacial score (nSPS) is 23.6. The molecule has 58 heavy (non-hydrogen) atoms. The predicted octanol–water partition coefficient (Wildman–Crippen LogP) is 1.45. The van der Waals surface area contributed by atoms with Gasteiger partial charge in [0, 0.05) is 68.7 Å². The number of piperidine rings is 1. The second-order valence-electron chi connectivity index (χ2n) is 15.6. The Morgan fingerprint density at radius 3 is 2.07 bits per heavy atom. The molecule has 0 saturated carbocycles. The lowest BCUT2D eigenvalue weighted by molar-refractivity contribution is -0.135. The zero-order chi connectivity index (χ0) is 40.3. The minimum atomic E-state index is -1.22. The summed E-state index contributed by atoms with van der Waals surface area (Å²) in [5.41, 5.74) is 3.45. The van der Waals surface area contributed by atoms with E-state index in [1.807, 2.05) is 84.9 Å². The Morgan fingerprint density at radius 2 is 1.34 bits per heavy atom. The highest BCUT2D eigenvalue weighted by atomic mass is 16.5. The Balaban J connectivity index is 1.11. The molecule has 5 amide bonds. The van der Waals surface area contributed by atoms with Crippen LogP contribution in [0.25, 0.3) is 10.9 Å². The number of benzene rings is 3. The number of ether oxygens (including phenoxy) is 1. The first-order valence-electron chi connectivity index (χ1n) is 20.4. The van der Waals surface area contributed by atoms with E-state index in [-0.39, 0.29) is 31.8 Å². The average Bonchev–Trinajstić information content (AvgIpc) is 3.65. The van der Waals surface area contributed by atoms with Crippen LogP contribution in [0.15, 0.2) is 91.1 Å². The van der Waals surface area contributed by atoms with E-state index in [4.69, 9.17) is 4.74 Å². The first kappa shape index (κ1) is 40.6. The van der Waals surface area contributed by atoms with Crippen LogP contribution < -0.4 is 26.6 Å². The second-order valence-corrected chi connectivity index (χ2v) is 15.6. The lowest BCUT2D eigenvalue weighted by Crippen LogP contribution is -2.59. The van der Waals surface area contributed by atoms with Gasteiger partial charge in [-0.2, -0.15) is 0 Å². The van der Waals surface area contributed by atoms with Crippen molar-refractivity contribution in [1.29, 1.82) is 0 Å². The Hall–Kier alpha value is -5.57. The van der Waals surface area contributed by atoms with Crippen molar-refractivity contribution in [2.45, 2.75) is 68.7 Å². The van der Waals surface area contributed by atoms with Crippen molar-refractivity contribution in [3.05, 3.63) is 108 Å². The fourth-order valence-electron chi connectivity index (χ4n) is 8.26. The number of aromatic nitrogens is 1. The molecule has 14 heteroatoms. The number of carbonyl (C=O) groups excluding carboxylic acids is 5. The molecular weight excluding hydrogens is 737 g/mol. The van der Waals surface area contributed by atoms with Gasteiger partial charge in [-0.15, -0.1) is 0 Å². The molecule has 4 aromatic rings. The first-order valence-corrected chi connectivity index (χ1v) is 20.4. The summed E-state index contributed by atoms with van der Waals surface area (Å²) in [7, 11) is 0. The number of hydrogen-bond acceptors (Lipinski definition) is 8. The number of para-hydroxylation sites is 1. The molecule has 3 aliphatic heterocycles. The molecule has 6 N–H and O–H groups in total. The largest absolute Gasteiger partial charge is 0.379 e. The number of morpholine rings is 1. The van der Waals surface area contributed by atoms with Crippen molar-refractivity contribution in [3.63, 3.8) is 0 Å². The third-order valence-electron chi connectivity index (χ3n) is 11.4. The van der Waals surface area contributed by atoms with Crippen molar-refractivity contribution < 1.29 is 28.7 Å². The van der Waals surface area contributed by atoms with E-state index in [2.05, 4.69) is 41.4 Å². The highest BCUT2D eigenvalue weighted by molar-refractivity contribution is 5.96. The van der Waals surface area contributed by atoms with Crippen molar-refractivity contribution in [2.75, 3.05) is 52.5 Å². The third-order valence-corrected chi connectivity index (χ3v) is 11.4. The maximum absolute atomic E-state index is 14.3. The molecular formula is C44H54N8O6. The smallest absolute Gasteiger partial charge is 0.243 e. The highest BCUT2D eigenvalue weighted by Crippen LogP contribution is 2.20. The summed E-state index contributed by atoms with van der Waals surface area (Å²) in [6.45, 7) is 4.90. The van der Waals surface area contributed by atoms with Crippen LogP contribution in [0.4, 0.5) is 0 Å². The van der Waals surface area contributed by atoms with E-state index in [1.54, 1.807) is 6.20 Å². The zero-order valence-electron chi connectivity index (χ0n) is 32.8. The Bertz CT molecular complexity index is 2010. The van der Waals surface area contributed by atoms with Crippen molar-refractivity contribution in [3.8, 4) is 0 Å². The first-order chi connectivity index (χ1) is 28.3. The Labute approximate surface area is 338 Å². The van der Waals surface area contributed by atoms with E-state index in [9.17, 15) is 24.0 Å². The van der Waals surface area contributed by atoms with Crippen LogP contribution in [0.5, 0.6) is 0 Å². The Kier molecular flexibility index (Phi) is 13.8. The van der Waals surface area contributed by atoms with Gasteiger partial charge in [-0.3, -0.25) is 33.8 Å². The molecule has 14 nitrogen and oxygen atoms in total. The fourth-order valence-corrected chi connectivity index (χ4v) is 8.26. The maximum atomic E-state index is 14.3. The van der Waals surface area contributed by atoms with Crippen molar-refractivity contribution in [1.82, 2.24) is 41.4 Å². The lowest BCUT2D eigenvalue weighted by Gasteiger charge is -2.39. The maximum Gasteiger partial charge on any atom is 0.243 e. The average molecular weight is 791 g/mol. The summed E-state index contributed by atoms with van der Waals surface area (Å²) in [4.78, 5) is 77.7. The SMILES string of the molecule is O=C1C[C@@H](NC(=O)CN2CCC(N3CCOCC3)CC2)C(=O)NC[C@@H](Cc2ccccc2)NC(=O)[C@H](Cc2ccccc2)NC(=O)[C@H](Cc2c[nH]c3ccccc23)N1. The predicted molar refractivity (Wildman–Crippen MR) is 219 cm³/mol. The number of amides is 5. The van der Waals surface area contributed by atoms with Gasteiger partial charge in [0.25, 0.3) is 0 Å². The minimum Gasteiger partial charge on any atom is -0.379 e. The molecule has 3 aliphatic rings. The molecule has 3 aromatic carbocycles. The standard InChI is InChI=1S/C44H54N8O6/c53-40-26-39(49-41(54)29-51-17-15-34(16-18-51)52-19-21-58-22-20-52)42(55)46-28-33(23-30-9-3-1-4-10-30)47-43(56)37(24-31-11-5-2-6-12-31)50-44(57)38(48-40)25-32-27-45-36-14-8-7-13-35(32)36/h1-14,27,33-34,37-39,45H,15-26,28-29H2,(H,46,55)(H,47,56)(H,48,53)(H,49,54)(H,50,57)/t33-,37+,38+,39-/m1/s1. The topological polar surface area (TPSA) is 177 Å². The molecule has 0 radical (unpaired) electrons. The van der Waals surface area contributed by atoms with Gasteiger partial charge in [0.15, 0.2) is 0 Å². The van der Waals surface area contributed by atoms with Crippen LogP contribution in [0, 0.1) is 0 Å². The Morgan fingerprint density at radius 1 is 0.707 bits per heavy atom. The zero-order valence-corrected chi connectivity index (χ0v) is 32.8. The van der Waals surface area contributed by atoms with Crippen molar-refractivity contribution in [2.24, 2.45) is 0 Å². The molecule has 4 heterocycles. The van der Waals surface area contributed by atoms with E-state index in [0.29, 0.717) is 12.5 Å². The number of nitrogens with zero attached hydrogens (tertiary/aromatic N) is 2. The minimum absolute atomic E-state index is 0.0255. The molecule has 0 unspecified atom stereocenters. The summed E-state index contributed by atoms with van der Waals surface area (Å²) in [6.07, 6.45) is 3.98. The number of likely N-dealkylation sites (tertiary alicyclic amines) is 1. The van der Waals surface area contributed by atoms with Crippen LogP contribution in [0.1, 0.15) is 36.0 Å². The van der Waals surface area contributed by atoms with Crippen LogP contribution in [0.2, 0.25) is 0 Å². The molecule has 3 fully saturated rings. The number of H-pyrrole nitrogens is 1. The number of aromatic amines is 1. The molecule has 1 aromatic heterocycles. The summed E-state index contributed by atoms with van der Waals surface area (Å²) in [5.74, 6) is -2.49. The highest BCUT2D eigenvalue weighted by Gasteiger charge is 2.33. The molecule has 0 spiro atoms. The van der Waals surface area contributed by atoms with Crippen LogP contribution in [0.3, 0.4) is 0 Å². The van der Waals surface area contributed by atoms with Crippen LogP contribution >= 0.6 is 0 Å².